The second-order valence-electron chi connectivity index (χ2n) is 4.96. The van der Waals surface area contributed by atoms with Gasteiger partial charge in [-0.15, -0.1) is 11.8 Å². The minimum atomic E-state index is -3.69. The summed E-state index contributed by atoms with van der Waals surface area (Å²) in [6, 6.07) is 11.9. The molecule has 0 aromatic heterocycles. The standard InChI is InChI=1S/C16H17NO4S2/c1-22-16-6-3-2-5-13(16)17-23(18,19)12-7-8-14-15(11-12)21-10-4-9-20-14/h2-3,5-8,11,17H,4,9-10H2,1H3. The van der Waals surface area contributed by atoms with Gasteiger partial charge in [0.1, 0.15) is 0 Å². The maximum absolute atomic E-state index is 12.6. The molecule has 23 heavy (non-hydrogen) atoms. The van der Waals surface area contributed by atoms with Crippen LogP contribution < -0.4 is 14.2 Å². The molecule has 0 aliphatic carbocycles. The predicted molar refractivity (Wildman–Crippen MR) is 91.1 cm³/mol. The Morgan fingerprint density at radius 2 is 1.78 bits per heavy atom. The summed E-state index contributed by atoms with van der Waals surface area (Å²) in [5.74, 6) is 1.04. The van der Waals surface area contributed by atoms with E-state index < -0.39 is 10.0 Å². The average molecular weight is 351 g/mol. The van der Waals surface area contributed by atoms with E-state index >= 15 is 0 Å². The van der Waals surface area contributed by atoms with Crippen LogP contribution in [0.3, 0.4) is 0 Å². The van der Waals surface area contributed by atoms with E-state index in [-0.39, 0.29) is 4.90 Å². The van der Waals surface area contributed by atoms with E-state index in [2.05, 4.69) is 4.72 Å². The molecule has 1 heterocycles. The zero-order valence-corrected chi connectivity index (χ0v) is 14.2. The van der Waals surface area contributed by atoms with E-state index in [1.165, 1.54) is 23.9 Å². The van der Waals surface area contributed by atoms with E-state index in [4.69, 9.17) is 9.47 Å². The number of hydrogen-bond acceptors (Lipinski definition) is 5. The number of nitrogens with one attached hydrogen (secondary N) is 1. The zero-order chi connectivity index (χ0) is 16.3. The fraction of sp³-hybridized carbons (Fsp3) is 0.250. The van der Waals surface area contributed by atoms with Crippen LogP contribution in [0.2, 0.25) is 0 Å². The van der Waals surface area contributed by atoms with Crippen molar-refractivity contribution in [2.45, 2.75) is 16.2 Å². The summed E-state index contributed by atoms with van der Waals surface area (Å²) in [7, 11) is -3.69. The van der Waals surface area contributed by atoms with Crippen LogP contribution in [-0.4, -0.2) is 27.9 Å². The zero-order valence-electron chi connectivity index (χ0n) is 12.6. The van der Waals surface area contributed by atoms with Crippen LogP contribution in [0.25, 0.3) is 0 Å². The first-order chi connectivity index (χ1) is 11.1. The van der Waals surface area contributed by atoms with Gasteiger partial charge in [0.05, 0.1) is 23.8 Å². The first kappa shape index (κ1) is 16.0. The van der Waals surface area contributed by atoms with Crippen LogP contribution in [0.1, 0.15) is 6.42 Å². The molecule has 5 nitrogen and oxygen atoms in total. The third-order valence-corrected chi connectivity index (χ3v) is 5.54. The van der Waals surface area contributed by atoms with Gasteiger partial charge in [0.2, 0.25) is 0 Å². The van der Waals surface area contributed by atoms with Gasteiger partial charge in [-0.25, -0.2) is 8.42 Å². The van der Waals surface area contributed by atoms with Crippen LogP contribution in [-0.2, 0) is 10.0 Å². The highest BCUT2D eigenvalue weighted by atomic mass is 32.2. The Morgan fingerprint density at radius 3 is 2.57 bits per heavy atom. The highest BCUT2D eigenvalue weighted by molar-refractivity contribution is 7.99. The van der Waals surface area contributed by atoms with Crippen molar-refractivity contribution in [3.8, 4) is 11.5 Å². The molecule has 0 radical (unpaired) electrons. The molecular weight excluding hydrogens is 334 g/mol. The van der Waals surface area contributed by atoms with Gasteiger partial charge in [-0.3, -0.25) is 4.72 Å². The van der Waals surface area contributed by atoms with Gasteiger partial charge in [0.15, 0.2) is 11.5 Å². The first-order valence-corrected chi connectivity index (χ1v) is 9.86. The van der Waals surface area contributed by atoms with Gasteiger partial charge >= 0.3 is 0 Å². The number of sulfonamides is 1. The Bertz CT molecular complexity index is 805. The SMILES string of the molecule is CSc1ccccc1NS(=O)(=O)c1ccc2c(c1)OCCCO2. The van der Waals surface area contributed by atoms with E-state index in [1.807, 2.05) is 18.4 Å². The van der Waals surface area contributed by atoms with Crippen LogP contribution in [0.5, 0.6) is 11.5 Å². The van der Waals surface area contributed by atoms with Crippen molar-refractivity contribution in [1.82, 2.24) is 0 Å². The highest BCUT2D eigenvalue weighted by Gasteiger charge is 2.19. The number of fused-ring (bicyclic) bond motifs is 1. The lowest BCUT2D eigenvalue weighted by molar-refractivity contribution is 0.297. The van der Waals surface area contributed by atoms with Gasteiger partial charge < -0.3 is 9.47 Å². The van der Waals surface area contributed by atoms with E-state index in [0.29, 0.717) is 30.4 Å². The molecule has 1 aliphatic heterocycles. The molecule has 0 saturated heterocycles. The number of ether oxygens (including phenoxy) is 2. The molecule has 2 aromatic rings. The molecule has 0 atom stereocenters. The predicted octanol–water partition coefficient (Wildman–Crippen LogP) is 3.37. The fourth-order valence-electron chi connectivity index (χ4n) is 2.24. The third kappa shape index (κ3) is 3.56. The molecule has 1 N–H and O–H groups in total. The van der Waals surface area contributed by atoms with E-state index in [9.17, 15) is 8.42 Å². The van der Waals surface area contributed by atoms with Gasteiger partial charge in [0, 0.05) is 17.4 Å². The maximum atomic E-state index is 12.6. The number of rotatable bonds is 4. The second-order valence-corrected chi connectivity index (χ2v) is 7.50. The van der Waals surface area contributed by atoms with Gasteiger partial charge in [-0.2, -0.15) is 0 Å². The smallest absolute Gasteiger partial charge is 0.262 e. The van der Waals surface area contributed by atoms with Crippen molar-refractivity contribution in [1.29, 1.82) is 0 Å². The van der Waals surface area contributed by atoms with Crippen LogP contribution >= 0.6 is 11.8 Å². The minimum Gasteiger partial charge on any atom is -0.490 e. The monoisotopic (exact) mass is 351 g/mol. The molecule has 1 aliphatic rings. The summed E-state index contributed by atoms with van der Waals surface area (Å²) in [6.07, 6.45) is 2.68. The molecule has 0 saturated carbocycles. The molecule has 2 aromatic carbocycles. The molecule has 0 spiro atoms. The van der Waals surface area contributed by atoms with E-state index in [0.717, 1.165) is 11.3 Å². The summed E-state index contributed by atoms with van der Waals surface area (Å²) in [4.78, 5) is 1.02. The molecule has 3 rings (SSSR count). The number of anilines is 1. The average Bonchev–Trinajstić information content (AvgIpc) is 2.79. The van der Waals surface area contributed by atoms with Crippen molar-refractivity contribution >= 4 is 27.5 Å². The minimum absolute atomic E-state index is 0.151. The van der Waals surface area contributed by atoms with Crippen molar-refractivity contribution in [3.05, 3.63) is 42.5 Å². The summed E-state index contributed by atoms with van der Waals surface area (Å²) >= 11 is 1.49. The second kappa shape index (κ2) is 6.72. The summed E-state index contributed by atoms with van der Waals surface area (Å²) in [5.41, 5.74) is 0.562. The Morgan fingerprint density at radius 1 is 1.04 bits per heavy atom. The number of thioether (sulfide) groups is 1. The van der Waals surface area contributed by atoms with Crippen molar-refractivity contribution in [2.24, 2.45) is 0 Å². The van der Waals surface area contributed by atoms with Crippen LogP contribution in [0.15, 0.2) is 52.3 Å². The summed E-state index contributed by atoms with van der Waals surface area (Å²) in [5, 5.41) is 0. The molecule has 0 fully saturated rings. The molecule has 0 bridgehead atoms. The van der Waals surface area contributed by atoms with Crippen LogP contribution in [0, 0.1) is 0 Å². The first-order valence-electron chi connectivity index (χ1n) is 7.15. The molecule has 0 amide bonds. The number of hydrogen-bond donors (Lipinski definition) is 1. The Labute approximate surface area is 140 Å². The van der Waals surface area contributed by atoms with Crippen molar-refractivity contribution < 1.29 is 17.9 Å². The lowest BCUT2D eigenvalue weighted by Crippen LogP contribution is -2.13. The largest absolute Gasteiger partial charge is 0.490 e. The third-order valence-electron chi connectivity index (χ3n) is 3.38. The Hall–Kier alpha value is -1.86. The quantitative estimate of drug-likeness (QED) is 0.856. The Balaban J connectivity index is 1.92. The van der Waals surface area contributed by atoms with Crippen LogP contribution in [0.4, 0.5) is 5.69 Å². The molecule has 0 unspecified atom stereocenters. The number of para-hydroxylation sites is 1. The van der Waals surface area contributed by atoms with Gasteiger partial charge in [0.25, 0.3) is 10.0 Å². The van der Waals surface area contributed by atoms with Gasteiger partial charge in [-0.1, -0.05) is 12.1 Å². The summed E-state index contributed by atoms with van der Waals surface area (Å²) < 4.78 is 39.0. The van der Waals surface area contributed by atoms with Gasteiger partial charge in [-0.05, 0) is 30.5 Å². The Kier molecular flexibility index (Phi) is 4.68. The van der Waals surface area contributed by atoms with Crippen molar-refractivity contribution in [3.63, 3.8) is 0 Å². The molecular formula is C16H17NO4S2. The summed E-state index contributed by atoms with van der Waals surface area (Å²) in [6.45, 7) is 1.08. The van der Waals surface area contributed by atoms with Crippen molar-refractivity contribution in [2.75, 3.05) is 24.2 Å². The topological polar surface area (TPSA) is 64.6 Å². The highest BCUT2D eigenvalue weighted by Crippen LogP contribution is 2.33. The molecule has 122 valence electrons. The maximum Gasteiger partial charge on any atom is 0.262 e. The normalized spacial score (nSPS) is 14.1. The number of benzene rings is 2. The lowest BCUT2D eigenvalue weighted by Gasteiger charge is -2.13. The van der Waals surface area contributed by atoms with E-state index in [1.54, 1.807) is 18.2 Å². The lowest BCUT2D eigenvalue weighted by atomic mass is 10.3. The molecule has 7 heteroatoms. The fourth-order valence-corrected chi connectivity index (χ4v) is 3.96.